The van der Waals surface area contributed by atoms with E-state index in [4.69, 9.17) is 18.0 Å². The van der Waals surface area contributed by atoms with E-state index in [-0.39, 0.29) is 0 Å². The highest BCUT2D eigenvalue weighted by atomic mass is 32.1. The predicted molar refractivity (Wildman–Crippen MR) is 72.4 cm³/mol. The Morgan fingerprint density at radius 3 is 2.88 bits per heavy atom. The van der Waals surface area contributed by atoms with Crippen molar-refractivity contribution in [2.24, 2.45) is 5.73 Å². The first-order valence-electron chi connectivity index (χ1n) is 5.11. The third-order valence-corrected chi connectivity index (χ3v) is 2.59. The van der Waals surface area contributed by atoms with Crippen LogP contribution in [-0.2, 0) is 0 Å². The molecule has 2 heterocycles. The number of nitrogens with zero attached hydrogens (tertiary/aromatic N) is 2. The summed E-state index contributed by atoms with van der Waals surface area (Å²) in [5, 5.41) is 3.18. The lowest BCUT2D eigenvalue weighted by Crippen LogP contribution is -2.13. The molecular formula is C12H12N4S. The summed E-state index contributed by atoms with van der Waals surface area (Å²) in [6, 6.07) is 5.56. The maximum Gasteiger partial charge on any atom is 0.140 e. The van der Waals surface area contributed by atoms with Crippen molar-refractivity contribution in [3.8, 4) is 0 Å². The highest BCUT2D eigenvalue weighted by Crippen LogP contribution is 2.20. The molecule has 4 nitrogen and oxygen atoms in total. The van der Waals surface area contributed by atoms with Crippen molar-refractivity contribution in [3.05, 3.63) is 47.9 Å². The van der Waals surface area contributed by atoms with Crippen molar-refractivity contribution in [2.75, 3.05) is 5.32 Å². The summed E-state index contributed by atoms with van der Waals surface area (Å²) >= 11 is 4.98. The average Bonchev–Trinajstić information content (AvgIpc) is 2.32. The molecule has 2 aromatic rings. The zero-order valence-corrected chi connectivity index (χ0v) is 10.2. The predicted octanol–water partition coefficient (Wildman–Crippen LogP) is 2.16. The molecule has 0 aliphatic heterocycles. The molecule has 0 fully saturated rings. The summed E-state index contributed by atoms with van der Waals surface area (Å²) in [7, 11) is 0. The molecule has 0 aromatic carbocycles. The number of nitrogens with two attached hydrogens (primary N) is 1. The Kier molecular flexibility index (Phi) is 3.30. The molecule has 2 aromatic heterocycles. The summed E-state index contributed by atoms with van der Waals surface area (Å²) in [6.07, 6.45) is 5.18. The lowest BCUT2D eigenvalue weighted by molar-refractivity contribution is 1.24. The number of hydrogen-bond acceptors (Lipinski definition) is 4. The van der Waals surface area contributed by atoms with Crippen molar-refractivity contribution in [1.82, 2.24) is 9.97 Å². The van der Waals surface area contributed by atoms with Gasteiger partial charge in [0.05, 0.1) is 17.4 Å². The molecule has 0 spiro atoms. The monoisotopic (exact) mass is 244 g/mol. The summed E-state index contributed by atoms with van der Waals surface area (Å²) < 4.78 is 0. The number of thiocarbonyl (C=S) groups is 1. The van der Waals surface area contributed by atoms with Gasteiger partial charge in [-0.15, -0.1) is 0 Å². The second-order valence-electron chi connectivity index (χ2n) is 3.58. The Hall–Kier alpha value is -2.01. The molecule has 17 heavy (non-hydrogen) atoms. The van der Waals surface area contributed by atoms with Crippen molar-refractivity contribution in [1.29, 1.82) is 0 Å². The van der Waals surface area contributed by atoms with Crippen LogP contribution in [0.25, 0.3) is 0 Å². The number of pyridine rings is 2. The van der Waals surface area contributed by atoms with Gasteiger partial charge in [-0.05, 0) is 30.7 Å². The average molecular weight is 244 g/mol. The molecule has 0 radical (unpaired) electrons. The molecule has 5 heteroatoms. The van der Waals surface area contributed by atoms with E-state index >= 15 is 0 Å². The molecule has 0 saturated heterocycles. The van der Waals surface area contributed by atoms with Gasteiger partial charge in [-0.1, -0.05) is 12.2 Å². The lowest BCUT2D eigenvalue weighted by Gasteiger charge is -2.11. The summed E-state index contributed by atoms with van der Waals surface area (Å²) in [5.74, 6) is 0.649. The molecule has 0 bridgehead atoms. The van der Waals surface area contributed by atoms with Gasteiger partial charge >= 0.3 is 0 Å². The number of aryl methyl sites for hydroxylation is 1. The fourth-order valence-corrected chi connectivity index (χ4v) is 1.59. The molecular weight excluding hydrogens is 232 g/mol. The van der Waals surface area contributed by atoms with Crippen LogP contribution in [0, 0.1) is 6.92 Å². The minimum absolute atomic E-state index is 0.321. The maximum atomic E-state index is 5.64. The Bertz CT molecular complexity index is 554. The Morgan fingerprint density at radius 2 is 2.18 bits per heavy atom. The van der Waals surface area contributed by atoms with Gasteiger partial charge in [-0.2, -0.15) is 0 Å². The van der Waals surface area contributed by atoms with Crippen molar-refractivity contribution >= 4 is 28.7 Å². The standard InChI is InChI=1S/C12H12N4S/c1-8-4-6-14-7-10(8)16-12-9(11(13)17)3-2-5-15-12/h2-7H,1H3,(H2,13,17)(H,15,16). The Labute approximate surface area is 105 Å². The van der Waals surface area contributed by atoms with Crippen LogP contribution in [0.5, 0.6) is 0 Å². The van der Waals surface area contributed by atoms with Gasteiger partial charge < -0.3 is 11.1 Å². The van der Waals surface area contributed by atoms with Gasteiger partial charge in [0.1, 0.15) is 10.8 Å². The first-order valence-corrected chi connectivity index (χ1v) is 5.52. The number of rotatable bonds is 3. The second-order valence-corrected chi connectivity index (χ2v) is 4.02. The molecule has 0 aliphatic carbocycles. The molecule has 0 unspecified atom stereocenters. The number of aromatic nitrogens is 2. The topological polar surface area (TPSA) is 63.8 Å². The highest BCUT2D eigenvalue weighted by molar-refractivity contribution is 7.80. The van der Waals surface area contributed by atoms with E-state index in [2.05, 4.69) is 15.3 Å². The summed E-state index contributed by atoms with van der Waals surface area (Å²) in [6.45, 7) is 1.99. The van der Waals surface area contributed by atoms with Crippen LogP contribution in [-0.4, -0.2) is 15.0 Å². The smallest absolute Gasteiger partial charge is 0.140 e. The fourth-order valence-electron chi connectivity index (χ4n) is 1.43. The molecule has 0 atom stereocenters. The van der Waals surface area contributed by atoms with E-state index < -0.39 is 0 Å². The number of anilines is 2. The van der Waals surface area contributed by atoms with Crippen LogP contribution >= 0.6 is 12.2 Å². The number of hydrogen-bond donors (Lipinski definition) is 2. The first-order chi connectivity index (χ1) is 8.18. The minimum atomic E-state index is 0.321. The molecule has 86 valence electrons. The third kappa shape index (κ3) is 2.57. The lowest BCUT2D eigenvalue weighted by atomic mass is 10.2. The maximum absolute atomic E-state index is 5.64. The first kappa shape index (κ1) is 11.5. The van der Waals surface area contributed by atoms with E-state index in [0.29, 0.717) is 10.8 Å². The molecule has 2 rings (SSSR count). The summed E-state index contributed by atoms with van der Waals surface area (Å²) in [4.78, 5) is 8.61. The van der Waals surface area contributed by atoms with Crippen LogP contribution in [0.4, 0.5) is 11.5 Å². The fraction of sp³-hybridized carbons (Fsp3) is 0.0833. The zero-order chi connectivity index (χ0) is 12.3. The second kappa shape index (κ2) is 4.88. The van der Waals surface area contributed by atoms with E-state index in [1.54, 1.807) is 24.7 Å². The molecule has 0 amide bonds. The van der Waals surface area contributed by atoms with E-state index in [0.717, 1.165) is 16.8 Å². The van der Waals surface area contributed by atoms with Crippen LogP contribution < -0.4 is 11.1 Å². The van der Waals surface area contributed by atoms with Crippen molar-refractivity contribution in [2.45, 2.75) is 6.92 Å². The van der Waals surface area contributed by atoms with Crippen molar-refractivity contribution in [3.63, 3.8) is 0 Å². The normalized spacial score (nSPS) is 9.94. The highest BCUT2D eigenvalue weighted by Gasteiger charge is 2.07. The van der Waals surface area contributed by atoms with E-state index in [9.17, 15) is 0 Å². The Balaban J connectivity index is 2.37. The van der Waals surface area contributed by atoms with Gasteiger partial charge in [0, 0.05) is 12.4 Å². The summed E-state index contributed by atoms with van der Waals surface area (Å²) in [5.41, 5.74) is 8.34. The van der Waals surface area contributed by atoms with Crippen molar-refractivity contribution < 1.29 is 0 Å². The largest absolute Gasteiger partial charge is 0.389 e. The van der Waals surface area contributed by atoms with Crippen LogP contribution in [0.2, 0.25) is 0 Å². The quantitative estimate of drug-likeness (QED) is 0.810. The van der Waals surface area contributed by atoms with Crippen LogP contribution in [0.1, 0.15) is 11.1 Å². The molecule has 3 N–H and O–H groups in total. The van der Waals surface area contributed by atoms with Gasteiger partial charge in [0.2, 0.25) is 0 Å². The molecule has 0 aliphatic rings. The third-order valence-electron chi connectivity index (χ3n) is 2.37. The van der Waals surface area contributed by atoms with Gasteiger partial charge in [0.25, 0.3) is 0 Å². The minimum Gasteiger partial charge on any atom is -0.389 e. The molecule has 0 saturated carbocycles. The van der Waals surface area contributed by atoms with Gasteiger partial charge in [-0.3, -0.25) is 4.98 Å². The van der Waals surface area contributed by atoms with Gasteiger partial charge in [0.15, 0.2) is 0 Å². The SMILES string of the molecule is Cc1ccncc1Nc1ncccc1C(N)=S. The Morgan fingerprint density at radius 1 is 1.35 bits per heavy atom. The number of nitrogens with one attached hydrogen (secondary N) is 1. The van der Waals surface area contributed by atoms with E-state index in [1.165, 1.54) is 0 Å². The van der Waals surface area contributed by atoms with E-state index in [1.807, 2.05) is 19.1 Å². The van der Waals surface area contributed by atoms with Crippen LogP contribution in [0.15, 0.2) is 36.8 Å². The van der Waals surface area contributed by atoms with Gasteiger partial charge in [-0.25, -0.2) is 4.98 Å². The zero-order valence-electron chi connectivity index (χ0n) is 9.34. The van der Waals surface area contributed by atoms with Crippen LogP contribution in [0.3, 0.4) is 0 Å².